The molecule has 2 N–H and O–H groups in total. The van der Waals surface area contributed by atoms with Crippen LogP contribution in [0, 0.1) is 0 Å². The zero-order valence-corrected chi connectivity index (χ0v) is 8.57. The Morgan fingerprint density at radius 2 is 2.36 bits per heavy atom. The van der Waals surface area contributed by atoms with Crippen LogP contribution in [0.3, 0.4) is 0 Å². The number of aryl methyl sites for hydroxylation is 1. The maximum atomic E-state index is 10.6. The van der Waals surface area contributed by atoms with Crippen LogP contribution in [0.4, 0.5) is 0 Å². The number of amides is 1. The largest absolute Gasteiger partial charge is 0.369 e. The van der Waals surface area contributed by atoms with Gasteiger partial charge in [-0.05, 0) is 6.42 Å². The van der Waals surface area contributed by atoms with E-state index >= 15 is 0 Å². The number of aromatic nitrogens is 2. The summed E-state index contributed by atoms with van der Waals surface area (Å²) in [4.78, 5) is 14.7. The summed E-state index contributed by atoms with van der Waals surface area (Å²) < 4.78 is 2.01. The van der Waals surface area contributed by atoms with Gasteiger partial charge >= 0.3 is 0 Å². The zero-order chi connectivity index (χ0) is 10.4. The quantitative estimate of drug-likeness (QED) is 0.691. The van der Waals surface area contributed by atoms with Gasteiger partial charge in [0.25, 0.3) is 0 Å². The first kappa shape index (κ1) is 10.8. The molecule has 1 heterocycles. The summed E-state index contributed by atoms with van der Waals surface area (Å²) in [5, 5.41) is 0. The molecule has 0 spiro atoms. The summed E-state index contributed by atoms with van der Waals surface area (Å²) in [7, 11) is 0. The number of carbonyl (C=O) groups excluding carboxylic acids is 1. The Bertz CT molecular complexity index is 293. The summed E-state index contributed by atoms with van der Waals surface area (Å²) in [5.41, 5.74) is 5.83. The number of unbranched alkanes of at least 4 members (excludes halogenated alkanes) is 2. The molecule has 0 fully saturated rings. The van der Waals surface area contributed by atoms with Crippen LogP contribution >= 0.6 is 0 Å². The van der Waals surface area contributed by atoms with Crippen molar-refractivity contribution >= 4 is 5.91 Å². The van der Waals surface area contributed by atoms with Crippen LogP contribution in [0.5, 0.6) is 0 Å². The third kappa shape index (κ3) is 3.60. The summed E-state index contributed by atoms with van der Waals surface area (Å²) in [6.45, 7) is 3.14. The molecule has 4 nitrogen and oxygen atoms in total. The summed E-state index contributed by atoms with van der Waals surface area (Å²) in [6, 6.07) is 0. The SMILES string of the molecule is CCCCCn1cnc(CC(N)=O)c1. The molecule has 0 bridgehead atoms. The molecule has 0 aliphatic carbocycles. The normalized spacial score (nSPS) is 10.4. The Kier molecular flexibility index (Phi) is 4.16. The number of primary amides is 1. The minimum atomic E-state index is -0.330. The lowest BCUT2D eigenvalue weighted by molar-refractivity contribution is -0.117. The van der Waals surface area contributed by atoms with Crippen LogP contribution in [0.1, 0.15) is 31.9 Å². The molecule has 14 heavy (non-hydrogen) atoms. The molecule has 0 aromatic carbocycles. The second-order valence-corrected chi connectivity index (χ2v) is 3.45. The van der Waals surface area contributed by atoms with Gasteiger partial charge in [-0.25, -0.2) is 4.98 Å². The predicted molar refractivity (Wildman–Crippen MR) is 54.7 cm³/mol. The highest BCUT2D eigenvalue weighted by atomic mass is 16.1. The fourth-order valence-electron chi connectivity index (χ4n) is 1.34. The van der Waals surface area contributed by atoms with Crippen LogP contribution in [0.15, 0.2) is 12.5 Å². The Balaban J connectivity index is 2.38. The molecule has 0 radical (unpaired) electrons. The van der Waals surface area contributed by atoms with Crippen molar-refractivity contribution in [2.45, 2.75) is 39.2 Å². The van der Waals surface area contributed by atoms with Crippen molar-refractivity contribution in [1.82, 2.24) is 9.55 Å². The van der Waals surface area contributed by atoms with E-state index in [1.165, 1.54) is 12.8 Å². The van der Waals surface area contributed by atoms with Gasteiger partial charge in [0.1, 0.15) is 0 Å². The molecular formula is C10H17N3O. The standard InChI is InChI=1S/C10H17N3O/c1-2-3-4-5-13-7-9(12-8-13)6-10(11)14/h7-8H,2-6H2,1H3,(H2,11,14). The topological polar surface area (TPSA) is 60.9 Å². The van der Waals surface area contributed by atoms with Gasteiger partial charge in [0, 0.05) is 12.7 Å². The van der Waals surface area contributed by atoms with Gasteiger partial charge in [0.15, 0.2) is 0 Å². The molecule has 1 amide bonds. The van der Waals surface area contributed by atoms with Crippen molar-refractivity contribution in [2.75, 3.05) is 0 Å². The lowest BCUT2D eigenvalue weighted by Crippen LogP contribution is -2.13. The number of imidazole rings is 1. The van der Waals surface area contributed by atoms with Crippen molar-refractivity contribution in [3.8, 4) is 0 Å². The molecule has 0 aliphatic heterocycles. The van der Waals surface area contributed by atoms with Crippen LogP contribution in [-0.4, -0.2) is 15.5 Å². The lowest BCUT2D eigenvalue weighted by Gasteiger charge is -1.99. The third-order valence-electron chi connectivity index (χ3n) is 2.06. The smallest absolute Gasteiger partial charge is 0.223 e. The number of hydrogen-bond donors (Lipinski definition) is 1. The Morgan fingerprint density at radius 1 is 1.57 bits per heavy atom. The van der Waals surface area contributed by atoms with E-state index in [2.05, 4.69) is 11.9 Å². The van der Waals surface area contributed by atoms with Crippen LogP contribution in [-0.2, 0) is 17.8 Å². The Labute approximate surface area is 84.1 Å². The van der Waals surface area contributed by atoms with E-state index in [4.69, 9.17) is 5.73 Å². The van der Waals surface area contributed by atoms with E-state index < -0.39 is 0 Å². The second-order valence-electron chi connectivity index (χ2n) is 3.45. The highest BCUT2D eigenvalue weighted by Gasteiger charge is 2.01. The number of nitrogens with two attached hydrogens (primary N) is 1. The molecule has 78 valence electrons. The Hall–Kier alpha value is -1.32. The third-order valence-corrected chi connectivity index (χ3v) is 2.06. The van der Waals surface area contributed by atoms with Crippen LogP contribution < -0.4 is 5.73 Å². The maximum absolute atomic E-state index is 10.6. The molecule has 1 rings (SSSR count). The van der Waals surface area contributed by atoms with E-state index in [0.29, 0.717) is 0 Å². The summed E-state index contributed by atoms with van der Waals surface area (Å²) in [6.07, 6.45) is 7.48. The van der Waals surface area contributed by atoms with E-state index in [9.17, 15) is 4.79 Å². The van der Waals surface area contributed by atoms with Crippen LogP contribution in [0.2, 0.25) is 0 Å². The molecule has 0 aliphatic rings. The average molecular weight is 195 g/mol. The van der Waals surface area contributed by atoms with Crippen molar-refractivity contribution in [3.05, 3.63) is 18.2 Å². The van der Waals surface area contributed by atoms with E-state index in [1.54, 1.807) is 6.33 Å². The fourth-order valence-corrected chi connectivity index (χ4v) is 1.34. The maximum Gasteiger partial charge on any atom is 0.223 e. The average Bonchev–Trinajstić information content (AvgIpc) is 2.52. The van der Waals surface area contributed by atoms with Gasteiger partial charge in [-0.3, -0.25) is 4.79 Å². The summed E-state index contributed by atoms with van der Waals surface area (Å²) in [5.74, 6) is -0.330. The van der Waals surface area contributed by atoms with E-state index in [0.717, 1.165) is 18.7 Å². The summed E-state index contributed by atoms with van der Waals surface area (Å²) >= 11 is 0. The second kappa shape index (κ2) is 5.42. The molecule has 0 unspecified atom stereocenters. The van der Waals surface area contributed by atoms with Gasteiger partial charge in [0.05, 0.1) is 18.4 Å². The van der Waals surface area contributed by atoms with Crippen LogP contribution in [0.25, 0.3) is 0 Å². The van der Waals surface area contributed by atoms with Crippen molar-refractivity contribution in [2.24, 2.45) is 5.73 Å². The fraction of sp³-hybridized carbons (Fsp3) is 0.600. The van der Waals surface area contributed by atoms with Gasteiger partial charge in [-0.2, -0.15) is 0 Å². The van der Waals surface area contributed by atoms with Gasteiger partial charge in [-0.15, -0.1) is 0 Å². The molecule has 0 atom stereocenters. The molecular weight excluding hydrogens is 178 g/mol. The first-order chi connectivity index (χ1) is 6.72. The first-order valence-electron chi connectivity index (χ1n) is 5.01. The number of carbonyl (C=O) groups is 1. The van der Waals surface area contributed by atoms with E-state index in [-0.39, 0.29) is 12.3 Å². The molecule has 1 aromatic rings. The monoisotopic (exact) mass is 195 g/mol. The lowest BCUT2D eigenvalue weighted by atomic mass is 10.2. The van der Waals surface area contributed by atoms with Crippen molar-refractivity contribution in [1.29, 1.82) is 0 Å². The van der Waals surface area contributed by atoms with Crippen molar-refractivity contribution < 1.29 is 4.79 Å². The zero-order valence-electron chi connectivity index (χ0n) is 8.57. The first-order valence-corrected chi connectivity index (χ1v) is 5.01. The van der Waals surface area contributed by atoms with Gasteiger partial charge in [-0.1, -0.05) is 19.8 Å². The number of rotatable bonds is 6. The van der Waals surface area contributed by atoms with Gasteiger partial charge < -0.3 is 10.3 Å². The van der Waals surface area contributed by atoms with Gasteiger partial charge in [0.2, 0.25) is 5.91 Å². The van der Waals surface area contributed by atoms with E-state index in [1.807, 2.05) is 10.8 Å². The minimum absolute atomic E-state index is 0.237. The highest BCUT2D eigenvalue weighted by molar-refractivity contribution is 5.75. The number of hydrogen-bond acceptors (Lipinski definition) is 2. The molecule has 0 saturated heterocycles. The number of nitrogens with zero attached hydrogens (tertiary/aromatic N) is 2. The predicted octanol–water partition coefficient (Wildman–Crippen LogP) is 1.10. The molecule has 4 heteroatoms. The minimum Gasteiger partial charge on any atom is -0.369 e. The van der Waals surface area contributed by atoms with Crippen molar-refractivity contribution in [3.63, 3.8) is 0 Å². The molecule has 1 aromatic heterocycles. The Morgan fingerprint density at radius 3 is 3.00 bits per heavy atom. The highest BCUT2D eigenvalue weighted by Crippen LogP contribution is 2.01. The molecule has 0 saturated carbocycles.